The van der Waals surface area contributed by atoms with E-state index in [0.29, 0.717) is 23.7 Å². The maximum absolute atomic E-state index is 13.1. The molecule has 0 aromatic carbocycles. The third kappa shape index (κ3) is 3.96. The van der Waals surface area contributed by atoms with Crippen LogP contribution in [0.4, 0.5) is 0 Å². The Morgan fingerprint density at radius 2 is 1.62 bits per heavy atom. The Bertz CT molecular complexity index is 1110. The number of rotatable bonds is 5. The Hall–Kier alpha value is -1.85. The fourth-order valence-electron chi connectivity index (χ4n) is 11.5. The average Bonchev–Trinajstić information content (AvgIpc) is 2.87. The number of hydrogen-bond donors (Lipinski definition) is 2. The van der Waals surface area contributed by atoms with Gasteiger partial charge in [0.15, 0.2) is 0 Å². The van der Waals surface area contributed by atoms with Crippen molar-refractivity contribution in [1.82, 2.24) is 0 Å². The maximum Gasteiger partial charge on any atom is 0.306 e. The smallest absolute Gasteiger partial charge is 0.306 e. The van der Waals surface area contributed by atoms with E-state index in [1.807, 2.05) is 0 Å². The molecule has 5 rings (SSSR count). The molecule has 1 amide bonds. The van der Waals surface area contributed by atoms with Gasteiger partial charge < -0.3 is 15.6 Å². The van der Waals surface area contributed by atoms with E-state index in [0.717, 1.165) is 57.8 Å². The molecule has 0 aromatic heterocycles. The van der Waals surface area contributed by atoms with Crippen molar-refractivity contribution in [2.45, 2.75) is 125 Å². The number of allylic oxidation sites excluding steroid dienone is 2. The number of carbonyl (C=O) groups excluding carboxylic acids is 2. The molecule has 40 heavy (non-hydrogen) atoms. The van der Waals surface area contributed by atoms with Gasteiger partial charge in [0.1, 0.15) is 6.10 Å². The van der Waals surface area contributed by atoms with Gasteiger partial charge in [-0.25, -0.2) is 0 Å². The molecular formula is C34H53NO5. The minimum atomic E-state index is -0.968. The first-order chi connectivity index (χ1) is 18.5. The number of carboxylic acids is 1. The molecule has 0 saturated heterocycles. The van der Waals surface area contributed by atoms with E-state index in [4.69, 9.17) is 15.6 Å². The van der Waals surface area contributed by atoms with Gasteiger partial charge in [0.2, 0.25) is 5.91 Å². The summed E-state index contributed by atoms with van der Waals surface area (Å²) in [7, 11) is 0. The average molecular weight is 556 g/mol. The van der Waals surface area contributed by atoms with Crippen molar-refractivity contribution in [2.75, 3.05) is 0 Å². The predicted molar refractivity (Wildman–Crippen MR) is 155 cm³/mol. The van der Waals surface area contributed by atoms with E-state index < -0.39 is 17.4 Å². The zero-order chi connectivity index (χ0) is 29.5. The monoisotopic (exact) mass is 555 g/mol. The molecule has 5 aliphatic carbocycles. The molecule has 4 saturated carbocycles. The molecule has 0 aliphatic heterocycles. The van der Waals surface area contributed by atoms with E-state index in [1.54, 1.807) is 0 Å². The molecule has 0 heterocycles. The van der Waals surface area contributed by atoms with Crippen LogP contribution >= 0.6 is 0 Å². The highest BCUT2D eigenvalue weighted by Gasteiger charge is 2.69. The SMILES string of the molecule is C[C@H]1[C@H](C)CC[C@]2(C(N)=O)CC[C@]3(C)C(=CC[C@@H]4[C@@]5(C)CC[C@H](OC(=O)CCC(=O)O)C(C)(C)[C@@H]5CC[C@]43C)[C@H]12. The van der Waals surface area contributed by atoms with Gasteiger partial charge >= 0.3 is 11.9 Å². The van der Waals surface area contributed by atoms with Crippen LogP contribution in [0.2, 0.25) is 0 Å². The second kappa shape index (κ2) is 9.59. The molecule has 224 valence electrons. The molecule has 0 radical (unpaired) electrons. The van der Waals surface area contributed by atoms with Crippen LogP contribution in [0.25, 0.3) is 0 Å². The van der Waals surface area contributed by atoms with Crippen LogP contribution in [-0.2, 0) is 19.1 Å². The Labute approximate surface area is 241 Å². The maximum atomic E-state index is 13.1. The lowest BCUT2D eigenvalue weighted by molar-refractivity contribution is -0.213. The van der Waals surface area contributed by atoms with Gasteiger partial charge in [0.25, 0.3) is 0 Å². The largest absolute Gasteiger partial charge is 0.481 e. The lowest BCUT2D eigenvalue weighted by Crippen LogP contribution is -2.66. The molecule has 0 aromatic rings. The fourth-order valence-corrected chi connectivity index (χ4v) is 11.5. The molecule has 6 heteroatoms. The Morgan fingerprint density at radius 3 is 2.27 bits per heavy atom. The second-order valence-corrected chi connectivity index (χ2v) is 15.9. The number of carbonyl (C=O) groups is 3. The van der Waals surface area contributed by atoms with Crippen LogP contribution in [0.15, 0.2) is 11.6 Å². The number of nitrogens with two attached hydrogens (primary N) is 1. The number of esters is 1. The first kappa shape index (κ1) is 29.6. The van der Waals surface area contributed by atoms with Crippen molar-refractivity contribution in [3.8, 4) is 0 Å². The van der Waals surface area contributed by atoms with Crippen molar-refractivity contribution < 1.29 is 24.2 Å². The highest BCUT2D eigenvalue weighted by Crippen LogP contribution is 2.75. The normalized spacial score (nSPS) is 47.4. The van der Waals surface area contributed by atoms with Crippen LogP contribution in [0.3, 0.4) is 0 Å². The molecule has 0 bridgehead atoms. The van der Waals surface area contributed by atoms with Crippen molar-refractivity contribution in [2.24, 2.45) is 62.4 Å². The quantitative estimate of drug-likeness (QED) is 0.283. The Balaban J connectivity index is 1.47. The molecule has 4 fully saturated rings. The van der Waals surface area contributed by atoms with Crippen LogP contribution in [0.1, 0.15) is 119 Å². The van der Waals surface area contributed by atoms with Crippen molar-refractivity contribution in [3.63, 3.8) is 0 Å². The van der Waals surface area contributed by atoms with Crippen LogP contribution < -0.4 is 5.73 Å². The van der Waals surface area contributed by atoms with E-state index in [9.17, 15) is 14.4 Å². The van der Waals surface area contributed by atoms with Crippen LogP contribution in [0, 0.1) is 56.7 Å². The molecular weight excluding hydrogens is 502 g/mol. The van der Waals surface area contributed by atoms with Gasteiger partial charge in [0.05, 0.1) is 18.3 Å². The number of aliphatic carboxylic acids is 1. The minimum Gasteiger partial charge on any atom is -0.481 e. The van der Waals surface area contributed by atoms with E-state index in [1.165, 1.54) is 5.57 Å². The van der Waals surface area contributed by atoms with Gasteiger partial charge in [-0.2, -0.15) is 0 Å². The standard InChI is InChI=1S/C34H53NO5/c1-20-12-17-34(29(35)39)19-18-32(6)22(28(34)21(20)2)8-9-24-31(5)15-14-25(40-27(38)11-10-26(36)37)30(3,4)23(31)13-16-33(24,32)7/h8,20-21,23-25,28H,9-19H2,1-7H3,(H2,35,39)(H,36,37)/t20-,21+,23+,24-,25+,28+,31+,32-,33-,34+/m1/s1. The topological polar surface area (TPSA) is 107 Å². The summed E-state index contributed by atoms with van der Waals surface area (Å²) >= 11 is 0. The van der Waals surface area contributed by atoms with Gasteiger partial charge in [-0.3, -0.25) is 14.4 Å². The highest BCUT2D eigenvalue weighted by molar-refractivity contribution is 5.82. The summed E-state index contributed by atoms with van der Waals surface area (Å²) in [5.41, 5.74) is 7.50. The number of primary amides is 1. The zero-order valence-electron chi connectivity index (χ0n) is 26.0. The second-order valence-electron chi connectivity index (χ2n) is 15.9. The van der Waals surface area contributed by atoms with Crippen molar-refractivity contribution >= 4 is 17.8 Å². The lowest BCUT2D eigenvalue weighted by atomic mass is 9.33. The first-order valence-corrected chi connectivity index (χ1v) is 16.0. The van der Waals surface area contributed by atoms with E-state index in [-0.39, 0.29) is 52.4 Å². The summed E-state index contributed by atoms with van der Waals surface area (Å²) in [5, 5.41) is 8.99. The summed E-state index contributed by atoms with van der Waals surface area (Å²) in [6.07, 6.45) is 11.2. The summed E-state index contributed by atoms with van der Waals surface area (Å²) in [4.78, 5) is 36.6. The summed E-state index contributed by atoms with van der Waals surface area (Å²) in [6.45, 7) is 16.9. The summed E-state index contributed by atoms with van der Waals surface area (Å²) in [6, 6.07) is 0. The van der Waals surface area contributed by atoms with Crippen molar-refractivity contribution in [3.05, 3.63) is 11.6 Å². The van der Waals surface area contributed by atoms with Gasteiger partial charge in [-0.15, -0.1) is 0 Å². The molecule has 5 aliphatic rings. The van der Waals surface area contributed by atoms with Crippen LogP contribution in [-0.4, -0.2) is 29.1 Å². The van der Waals surface area contributed by atoms with Gasteiger partial charge in [-0.05, 0) is 104 Å². The zero-order valence-corrected chi connectivity index (χ0v) is 26.0. The predicted octanol–water partition coefficient (Wildman–Crippen LogP) is 6.91. The summed E-state index contributed by atoms with van der Waals surface area (Å²) in [5.74, 6) is 0.785. The summed E-state index contributed by atoms with van der Waals surface area (Å²) < 4.78 is 5.97. The number of fused-ring (bicyclic) bond motifs is 7. The molecule has 6 nitrogen and oxygen atoms in total. The van der Waals surface area contributed by atoms with E-state index >= 15 is 0 Å². The van der Waals surface area contributed by atoms with E-state index in [2.05, 4.69) is 54.5 Å². The number of amides is 1. The molecule has 10 atom stereocenters. The Morgan fingerprint density at radius 1 is 0.925 bits per heavy atom. The molecule has 3 N–H and O–H groups in total. The number of hydrogen-bond acceptors (Lipinski definition) is 4. The third-order valence-corrected chi connectivity index (χ3v) is 14.2. The Kier molecular flexibility index (Phi) is 7.11. The van der Waals surface area contributed by atoms with Crippen LogP contribution in [0.5, 0.6) is 0 Å². The molecule has 0 spiro atoms. The third-order valence-electron chi connectivity index (χ3n) is 14.2. The molecule has 0 unspecified atom stereocenters. The van der Waals surface area contributed by atoms with Crippen molar-refractivity contribution in [1.29, 1.82) is 0 Å². The lowest BCUT2D eigenvalue weighted by Gasteiger charge is -2.71. The first-order valence-electron chi connectivity index (χ1n) is 16.0. The van der Waals surface area contributed by atoms with Gasteiger partial charge in [0, 0.05) is 5.41 Å². The fraction of sp³-hybridized carbons (Fsp3) is 0.853. The number of ether oxygens (including phenoxy) is 1. The number of carboxylic acid groups (broad SMARTS) is 1. The highest BCUT2D eigenvalue weighted by atomic mass is 16.5. The minimum absolute atomic E-state index is 0.0448. The van der Waals surface area contributed by atoms with Gasteiger partial charge in [-0.1, -0.05) is 60.1 Å².